The summed E-state index contributed by atoms with van der Waals surface area (Å²) in [5.74, 6) is 1.91. The van der Waals surface area contributed by atoms with Crippen LogP contribution < -0.4 is 10.6 Å². The molecule has 1 aromatic rings. The molecule has 0 spiro atoms. The highest BCUT2D eigenvalue weighted by atomic mass is 15.1. The van der Waals surface area contributed by atoms with Crippen molar-refractivity contribution in [1.29, 1.82) is 0 Å². The van der Waals surface area contributed by atoms with Crippen LogP contribution in [0.1, 0.15) is 40.0 Å². The smallest absolute Gasteiger partial charge is 0.128 e. The lowest BCUT2D eigenvalue weighted by atomic mass is 10.2. The highest BCUT2D eigenvalue weighted by molar-refractivity contribution is 5.45. The molecule has 90 valence electrons. The van der Waals surface area contributed by atoms with Crippen LogP contribution >= 0.6 is 0 Å². The third-order valence-corrected chi connectivity index (χ3v) is 2.42. The van der Waals surface area contributed by atoms with E-state index in [0.717, 1.165) is 24.6 Å². The molecule has 1 aromatic heterocycles. The molecule has 0 aliphatic rings. The molecule has 3 heteroatoms. The van der Waals surface area contributed by atoms with Crippen molar-refractivity contribution in [2.75, 3.05) is 17.2 Å². The second kappa shape index (κ2) is 7.09. The van der Waals surface area contributed by atoms with Gasteiger partial charge in [-0.1, -0.05) is 26.3 Å². The van der Waals surface area contributed by atoms with E-state index < -0.39 is 0 Å². The lowest BCUT2D eigenvalue weighted by Gasteiger charge is -2.14. The van der Waals surface area contributed by atoms with E-state index >= 15 is 0 Å². The minimum Gasteiger partial charge on any atom is -0.370 e. The van der Waals surface area contributed by atoms with Gasteiger partial charge in [-0.3, -0.25) is 0 Å². The van der Waals surface area contributed by atoms with Crippen molar-refractivity contribution in [1.82, 2.24) is 4.98 Å². The quantitative estimate of drug-likeness (QED) is 0.740. The Labute approximate surface area is 98.7 Å². The second-order valence-corrected chi connectivity index (χ2v) is 4.17. The molecular weight excluding hydrogens is 198 g/mol. The lowest BCUT2D eigenvalue weighted by molar-refractivity contribution is 0.687. The van der Waals surface area contributed by atoms with Crippen molar-refractivity contribution in [3.63, 3.8) is 0 Å². The molecular formula is C13H23N3. The summed E-state index contributed by atoms with van der Waals surface area (Å²) in [6, 6.07) is 6.54. The Morgan fingerprint density at radius 2 is 1.94 bits per heavy atom. The van der Waals surface area contributed by atoms with Gasteiger partial charge in [-0.2, -0.15) is 0 Å². The van der Waals surface area contributed by atoms with Crippen molar-refractivity contribution in [3.05, 3.63) is 18.2 Å². The van der Waals surface area contributed by atoms with E-state index in [1.54, 1.807) is 0 Å². The van der Waals surface area contributed by atoms with Crippen molar-refractivity contribution >= 4 is 11.6 Å². The van der Waals surface area contributed by atoms with E-state index in [4.69, 9.17) is 0 Å². The molecule has 1 unspecified atom stereocenters. The maximum atomic E-state index is 4.51. The Kier molecular flexibility index (Phi) is 5.68. The zero-order chi connectivity index (χ0) is 11.8. The Bertz CT molecular complexity index is 299. The van der Waals surface area contributed by atoms with Crippen LogP contribution in [0.3, 0.4) is 0 Å². The predicted octanol–water partition coefficient (Wildman–Crippen LogP) is 3.50. The molecule has 0 aliphatic carbocycles. The predicted molar refractivity (Wildman–Crippen MR) is 71.0 cm³/mol. The van der Waals surface area contributed by atoms with Gasteiger partial charge in [0.25, 0.3) is 0 Å². The first-order valence-electron chi connectivity index (χ1n) is 6.23. The van der Waals surface area contributed by atoms with Crippen molar-refractivity contribution in [3.8, 4) is 0 Å². The average Bonchev–Trinajstić information content (AvgIpc) is 2.27. The largest absolute Gasteiger partial charge is 0.370 e. The fourth-order valence-electron chi connectivity index (χ4n) is 1.62. The van der Waals surface area contributed by atoms with Gasteiger partial charge >= 0.3 is 0 Å². The van der Waals surface area contributed by atoms with Crippen molar-refractivity contribution < 1.29 is 0 Å². The van der Waals surface area contributed by atoms with Gasteiger partial charge in [0, 0.05) is 12.6 Å². The SMILES string of the molecule is CCCNc1cccc(NC(C)CCC)n1. The highest BCUT2D eigenvalue weighted by Gasteiger charge is 2.01. The Hall–Kier alpha value is -1.25. The molecule has 2 N–H and O–H groups in total. The topological polar surface area (TPSA) is 37.0 Å². The van der Waals surface area contributed by atoms with Gasteiger partial charge in [0.1, 0.15) is 11.6 Å². The number of hydrogen-bond acceptors (Lipinski definition) is 3. The molecule has 0 radical (unpaired) electrons. The van der Waals surface area contributed by atoms with Crippen molar-refractivity contribution in [2.24, 2.45) is 0 Å². The fraction of sp³-hybridized carbons (Fsp3) is 0.615. The molecule has 3 nitrogen and oxygen atoms in total. The lowest BCUT2D eigenvalue weighted by Crippen LogP contribution is -2.15. The zero-order valence-electron chi connectivity index (χ0n) is 10.6. The minimum atomic E-state index is 0.485. The first-order chi connectivity index (χ1) is 7.76. The van der Waals surface area contributed by atoms with Crippen LogP contribution in [0.4, 0.5) is 11.6 Å². The first-order valence-corrected chi connectivity index (χ1v) is 6.23. The number of anilines is 2. The molecule has 0 saturated carbocycles. The number of nitrogens with zero attached hydrogens (tertiary/aromatic N) is 1. The van der Waals surface area contributed by atoms with E-state index in [2.05, 4.69) is 36.4 Å². The van der Waals surface area contributed by atoms with Crippen LogP contribution in [0, 0.1) is 0 Å². The standard InChI is InChI=1S/C13H23N3/c1-4-7-11(3)15-13-9-6-8-12(16-13)14-10-5-2/h6,8-9,11H,4-5,7,10H2,1-3H3,(H2,14,15,16). The molecule has 0 fully saturated rings. The van der Waals surface area contributed by atoms with E-state index in [-0.39, 0.29) is 0 Å². The van der Waals surface area contributed by atoms with Gasteiger partial charge in [-0.05, 0) is 31.9 Å². The molecule has 0 saturated heterocycles. The maximum Gasteiger partial charge on any atom is 0.128 e. The van der Waals surface area contributed by atoms with Crippen LogP contribution in [-0.2, 0) is 0 Å². The summed E-state index contributed by atoms with van der Waals surface area (Å²) < 4.78 is 0. The van der Waals surface area contributed by atoms with E-state index in [0.29, 0.717) is 6.04 Å². The molecule has 0 aliphatic heterocycles. The summed E-state index contributed by atoms with van der Waals surface area (Å²) in [6.45, 7) is 7.52. The van der Waals surface area contributed by atoms with Crippen molar-refractivity contribution in [2.45, 2.75) is 46.1 Å². The van der Waals surface area contributed by atoms with Crippen LogP contribution in [0.25, 0.3) is 0 Å². The maximum absolute atomic E-state index is 4.51. The number of nitrogens with one attached hydrogen (secondary N) is 2. The number of rotatable bonds is 7. The van der Waals surface area contributed by atoms with E-state index in [9.17, 15) is 0 Å². The molecule has 1 heterocycles. The summed E-state index contributed by atoms with van der Waals surface area (Å²) in [5, 5.41) is 6.70. The van der Waals surface area contributed by atoms with Crippen LogP contribution in [0.2, 0.25) is 0 Å². The minimum absolute atomic E-state index is 0.485. The summed E-state index contributed by atoms with van der Waals surface area (Å²) >= 11 is 0. The molecule has 0 bridgehead atoms. The number of pyridine rings is 1. The fourth-order valence-corrected chi connectivity index (χ4v) is 1.62. The summed E-state index contributed by atoms with van der Waals surface area (Å²) in [4.78, 5) is 4.51. The van der Waals surface area contributed by atoms with E-state index in [1.165, 1.54) is 12.8 Å². The van der Waals surface area contributed by atoms with Crippen LogP contribution in [0.15, 0.2) is 18.2 Å². The summed E-state index contributed by atoms with van der Waals surface area (Å²) in [5.41, 5.74) is 0. The number of aromatic nitrogens is 1. The molecule has 0 amide bonds. The van der Waals surface area contributed by atoms with Gasteiger partial charge in [0.15, 0.2) is 0 Å². The zero-order valence-corrected chi connectivity index (χ0v) is 10.6. The van der Waals surface area contributed by atoms with E-state index in [1.807, 2.05) is 18.2 Å². The van der Waals surface area contributed by atoms with Gasteiger partial charge in [-0.15, -0.1) is 0 Å². The average molecular weight is 221 g/mol. The molecule has 16 heavy (non-hydrogen) atoms. The molecule has 1 atom stereocenters. The molecule has 0 aromatic carbocycles. The first kappa shape index (κ1) is 12.8. The summed E-state index contributed by atoms with van der Waals surface area (Å²) in [6.07, 6.45) is 3.49. The third kappa shape index (κ3) is 4.51. The van der Waals surface area contributed by atoms with Crippen LogP contribution in [-0.4, -0.2) is 17.6 Å². The van der Waals surface area contributed by atoms with Crippen LogP contribution in [0.5, 0.6) is 0 Å². The van der Waals surface area contributed by atoms with Gasteiger partial charge in [0.2, 0.25) is 0 Å². The second-order valence-electron chi connectivity index (χ2n) is 4.17. The van der Waals surface area contributed by atoms with Gasteiger partial charge in [0.05, 0.1) is 0 Å². The number of hydrogen-bond donors (Lipinski definition) is 2. The monoisotopic (exact) mass is 221 g/mol. The Morgan fingerprint density at radius 3 is 2.62 bits per heavy atom. The Morgan fingerprint density at radius 1 is 1.19 bits per heavy atom. The Balaban J connectivity index is 2.52. The highest BCUT2D eigenvalue weighted by Crippen LogP contribution is 2.11. The summed E-state index contributed by atoms with van der Waals surface area (Å²) in [7, 11) is 0. The van der Waals surface area contributed by atoms with Gasteiger partial charge < -0.3 is 10.6 Å². The van der Waals surface area contributed by atoms with Gasteiger partial charge in [-0.25, -0.2) is 4.98 Å². The molecule has 1 rings (SSSR count). The normalized spacial score (nSPS) is 12.2. The third-order valence-electron chi connectivity index (χ3n) is 2.42.